The van der Waals surface area contributed by atoms with Crippen LogP contribution >= 0.6 is 0 Å². The summed E-state index contributed by atoms with van der Waals surface area (Å²) in [5, 5.41) is 4.41. The van der Waals surface area contributed by atoms with Gasteiger partial charge < -0.3 is 19.4 Å². The van der Waals surface area contributed by atoms with E-state index in [1.807, 2.05) is 18.2 Å². The topological polar surface area (TPSA) is 55.7 Å². The number of para-hydroxylation sites is 1. The average Bonchev–Trinajstić information content (AvgIpc) is 3.35. The summed E-state index contributed by atoms with van der Waals surface area (Å²) in [6.45, 7) is 7.91. The zero-order valence-corrected chi connectivity index (χ0v) is 23.0. The van der Waals surface area contributed by atoms with Gasteiger partial charge in [0.25, 0.3) is 0 Å². The minimum atomic E-state index is 0.0396. The van der Waals surface area contributed by atoms with Gasteiger partial charge in [-0.05, 0) is 40.8 Å². The van der Waals surface area contributed by atoms with Gasteiger partial charge in [-0.25, -0.2) is 0 Å². The molecule has 4 aromatic rings. The molecule has 1 fully saturated rings. The zero-order valence-electron chi connectivity index (χ0n) is 23.0. The molecule has 204 valence electrons. The highest BCUT2D eigenvalue weighted by Crippen LogP contribution is 2.40. The number of amides is 1. The van der Waals surface area contributed by atoms with Crippen LogP contribution in [0, 0.1) is 0 Å². The first-order valence-corrected chi connectivity index (χ1v) is 13.9. The molecule has 6 heteroatoms. The standard InChI is InChI=1S/C33H39N3O3/c1-25(27-8-4-3-5-9-27)30(22-33(37)34-16-17-35-18-20-39-21-19-35)31-24-36(32-11-7-6-10-29(31)32)23-26-12-14-28(38-2)15-13-26/h3-15,24-25,30H,16-23H2,1-2H3,(H,34,37). The average molecular weight is 526 g/mol. The molecule has 1 aliphatic rings. The highest BCUT2D eigenvalue weighted by Gasteiger charge is 2.27. The lowest BCUT2D eigenvalue weighted by molar-refractivity contribution is -0.121. The van der Waals surface area contributed by atoms with Crippen molar-refractivity contribution in [2.45, 2.75) is 31.7 Å². The van der Waals surface area contributed by atoms with E-state index in [1.165, 1.54) is 27.6 Å². The fourth-order valence-corrected chi connectivity index (χ4v) is 5.62. The third-order valence-electron chi connectivity index (χ3n) is 7.92. The van der Waals surface area contributed by atoms with Crippen molar-refractivity contribution >= 4 is 16.8 Å². The predicted octanol–water partition coefficient (Wildman–Crippen LogP) is 5.42. The van der Waals surface area contributed by atoms with Crippen LogP contribution < -0.4 is 10.1 Å². The molecule has 5 rings (SSSR count). The number of nitrogens with zero attached hydrogens (tertiary/aromatic N) is 2. The lowest BCUT2D eigenvalue weighted by Crippen LogP contribution is -2.41. The molecule has 1 saturated heterocycles. The van der Waals surface area contributed by atoms with E-state index in [0.717, 1.165) is 45.1 Å². The van der Waals surface area contributed by atoms with Gasteiger partial charge in [0.2, 0.25) is 5.91 Å². The van der Waals surface area contributed by atoms with Gasteiger partial charge in [0, 0.05) is 62.2 Å². The molecular weight excluding hydrogens is 486 g/mol. The van der Waals surface area contributed by atoms with Crippen LogP contribution in [0.25, 0.3) is 10.9 Å². The minimum Gasteiger partial charge on any atom is -0.497 e. The summed E-state index contributed by atoms with van der Waals surface area (Å²) in [5.74, 6) is 1.17. The Hall–Kier alpha value is -3.61. The molecule has 0 saturated carbocycles. The van der Waals surface area contributed by atoms with Crippen LogP contribution in [0.1, 0.15) is 41.9 Å². The van der Waals surface area contributed by atoms with Crippen LogP contribution in [0.2, 0.25) is 0 Å². The van der Waals surface area contributed by atoms with E-state index < -0.39 is 0 Å². The number of fused-ring (bicyclic) bond motifs is 1. The Morgan fingerprint density at radius 1 is 0.974 bits per heavy atom. The predicted molar refractivity (Wildman–Crippen MR) is 157 cm³/mol. The molecule has 0 spiro atoms. The molecule has 1 aromatic heterocycles. The van der Waals surface area contributed by atoms with Crippen molar-refractivity contribution in [3.05, 3.63) is 102 Å². The Bertz CT molecular complexity index is 1340. The molecule has 39 heavy (non-hydrogen) atoms. The molecule has 2 unspecified atom stereocenters. The lowest BCUT2D eigenvalue weighted by Gasteiger charge is -2.27. The number of hydrogen-bond donors (Lipinski definition) is 1. The van der Waals surface area contributed by atoms with Crippen LogP contribution in [0.4, 0.5) is 0 Å². The highest BCUT2D eigenvalue weighted by molar-refractivity contribution is 5.86. The molecule has 0 aliphatic carbocycles. The van der Waals surface area contributed by atoms with Crippen LogP contribution in [0.15, 0.2) is 85.1 Å². The van der Waals surface area contributed by atoms with Gasteiger partial charge >= 0.3 is 0 Å². The van der Waals surface area contributed by atoms with Crippen molar-refractivity contribution in [1.29, 1.82) is 0 Å². The number of hydrogen-bond acceptors (Lipinski definition) is 4. The molecule has 0 radical (unpaired) electrons. The van der Waals surface area contributed by atoms with Crippen molar-refractivity contribution in [3.8, 4) is 5.75 Å². The summed E-state index contributed by atoms with van der Waals surface area (Å²) < 4.78 is 13.1. The second-order valence-corrected chi connectivity index (χ2v) is 10.4. The maximum absolute atomic E-state index is 13.3. The van der Waals surface area contributed by atoms with Crippen molar-refractivity contribution in [2.24, 2.45) is 0 Å². The second-order valence-electron chi connectivity index (χ2n) is 10.4. The number of carbonyl (C=O) groups is 1. The molecule has 0 bridgehead atoms. The molecule has 1 amide bonds. The summed E-state index contributed by atoms with van der Waals surface area (Å²) in [6, 6.07) is 27.3. The number of methoxy groups -OCH3 is 1. The number of rotatable bonds is 11. The van der Waals surface area contributed by atoms with E-state index in [1.54, 1.807) is 7.11 Å². The Labute approximate surface area is 231 Å². The van der Waals surface area contributed by atoms with E-state index in [4.69, 9.17) is 9.47 Å². The Morgan fingerprint density at radius 2 is 1.69 bits per heavy atom. The summed E-state index contributed by atoms with van der Waals surface area (Å²) in [7, 11) is 1.69. The fourth-order valence-electron chi connectivity index (χ4n) is 5.62. The number of ether oxygens (including phenoxy) is 2. The monoisotopic (exact) mass is 525 g/mol. The van der Waals surface area contributed by atoms with Crippen molar-refractivity contribution in [1.82, 2.24) is 14.8 Å². The molecule has 2 heterocycles. The van der Waals surface area contributed by atoms with Gasteiger partial charge in [0.05, 0.1) is 20.3 Å². The van der Waals surface area contributed by atoms with Crippen LogP contribution in [-0.4, -0.2) is 61.9 Å². The molecule has 6 nitrogen and oxygen atoms in total. The summed E-state index contributed by atoms with van der Waals surface area (Å²) in [6.07, 6.45) is 2.70. The van der Waals surface area contributed by atoms with Crippen LogP contribution in [0.3, 0.4) is 0 Å². The fraction of sp³-hybridized carbons (Fsp3) is 0.364. The number of carbonyl (C=O) groups excluding carboxylic acids is 1. The van der Waals surface area contributed by atoms with Gasteiger partial charge in [-0.15, -0.1) is 0 Å². The van der Waals surface area contributed by atoms with Gasteiger partial charge in [-0.3, -0.25) is 9.69 Å². The van der Waals surface area contributed by atoms with E-state index in [2.05, 4.69) is 88.6 Å². The largest absolute Gasteiger partial charge is 0.497 e. The Balaban J connectivity index is 1.41. The normalized spacial score (nSPS) is 15.6. The number of benzene rings is 3. The quantitative estimate of drug-likeness (QED) is 0.284. The second kappa shape index (κ2) is 13.0. The molecule has 2 atom stereocenters. The molecule has 1 N–H and O–H groups in total. The third kappa shape index (κ3) is 6.70. The van der Waals surface area contributed by atoms with Crippen LogP contribution in [-0.2, 0) is 16.1 Å². The highest BCUT2D eigenvalue weighted by atomic mass is 16.5. The lowest BCUT2D eigenvalue weighted by atomic mass is 9.80. The maximum atomic E-state index is 13.3. The first-order valence-electron chi connectivity index (χ1n) is 13.9. The zero-order chi connectivity index (χ0) is 27.0. The van der Waals surface area contributed by atoms with E-state index in [-0.39, 0.29) is 17.7 Å². The van der Waals surface area contributed by atoms with Gasteiger partial charge in [-0.2, -0.15) is 0 Å². The maximum Gasteiger partial charge on any atom is 0.220 e. The first-order chi connectivity index (χ1) is 19.1. The van der Waals surface area contributed by atoms with E-state index in [0.29, 0.717) is 13.0 Å². The minimum absolute atomic E-state index is 0.0396. The SMILES string of the molecule is COc1ccc(Cn2cc(C(CC(=O)NCCN3CCOCC3)C(C)c3ccccc3)c3ccccc32)cc1. The smallest absolute Gasteiger partial charge is 0.220 e. The van der Waals surface area contributed by atoms with Gasteiger partial charge in [-0.1, -0.05) is 67.6 Å². The van der Waals surface area contributed by atoms with Gasteiger partial charge in [0.1, 0.15) is 5.75 Å². The third-order valence-corrected chi connectivity index (χ3v) is 7.92. The van der Waals surface area contributed by atoms with E-state index in [9.17, 15) is 4.79 Å². The van der Waals surface area contributed by atoms with Crippen molar-refractivity contribution in [3.63, 3.8) is 0 Å². The van der Waals surface area contributed by atoms with Crippen molar-refractivity contribution in [2.75, 3.05) is 46.5 Å². The Kier molecular flexibility index (Phi) is 8.96. The molecule has 1 aliphatic heterocycles. The number of aromatic nitrogens is 1. The molecular formula is C33H39N3O3. The van der Waals surface area contributed by atoms with Crippen LogP contribution in [0.5, 0.6) is 5.75 Å². The van der Waals surface area contributed by atoms with Gasteiger partial charge in [0.15, 0.2) is 0 Å². The summed E-state index contributed by atoms with van der Waals surface area (Å²) >= 11 is 0. The number of nitrogens with one attached hydrogen (secondary N) is 1. The molecule has 3 aromatic carbocycles. The Morgan fingerprint density at radius 3 is 2.44 bits per heavy atom. The van der Waals surface area contributed by atoms with Crippen molar-refractivity contribution < 1.29 is 14.3 Å². The first kappa shape index (κ1) is 27.0. The number of morpholine rings is 1. The van der Waals surface area contributed by atoms with E-state index >= 15 is 0 Å². The summed E-state index contributed by atoms with van der Waals surface area (Å²) in [5.41, 5.74) is 4.85. The summed E-state index contributed by atoms with van der Waals surface area (Å²) in [4.78, 5) is 15.7.